The number of rotatable bonds is 6. The van der Waals surface area contributed by atoms with Crippen LogP contribution in [0.1, 0.15) is 37.3 Å². The Morgan fingerprint density at radius 1 is 1.29 bits per heavy atom. The average molecular weight is 489 g/mol. The fourth-order valence-electron chi connectivity index (χ4n) is 6.19. The zero-order valence-electron chi connectivity index (χ0n) is 19.3. The number of ether oxygens (including phenoxy) is 3. The number of benzene rings is 1. The van der Waals surface area contributed by atoms with Crippen molar-refractivity contribution in [3.63, 3.8) is 0 Å². The number of carbonyl (C=O) groups excluding carboxylic acids is 2. The Labute approximate surface area is 200 Å². The van der Waals surface area contributed by atoms with E-state index in [0.717, 1.165) is 11.1 Å². The van der Waals surface area contributed by atoms with Crippen LogP contribution in [0, 0.1) is 0 Å². The van der Waals surface area contributed by atoms with E-state index in [0.29, 0.717) is 19.4 Å². The number of likely N-dealkylation sites (tertiary alicyclic amines) is 1. The molecule has 188 valence electrons. The van der Waals surface area contributed by atoms with Gasteiger partial charge in [0.2, 0.25) is 0 Å². The first-order valence-electron chi connectivity index (χ1n) is 11.5. The van der Waals surface area contributed by atoms with Crippen LogP contribution in [0.25, 0.3) is 0 Å². The highest BCUT2D eigenvalue weighted by Crippen LogP contribution is 2.65. The zero-order valence-corrected chi connectivity index (χ0v) is 19.3. The number of piperidine rings is 1. The van der Waals surface area contributed by atoms with Crippen molar-refractivity contribution in [2.24, 2.45) is 0 Å². The van der Waals surface area contributed by atoms with Gasteiger partial charge in [0.15, 0.2) is 29.8 Å². The monoisotopic (exact) mass is 489 g/mol. The molecule has 11 nitrogen and oxygen atoms in total. The molecule has 4 N–H and O–H groups in total. The SMILES string of the molecule is C[C@H](OC(=O)[C@@H](O)CC(=O)O)C(=O)OC1=CC[C@@]2(O)[C@H]3Cc4ccc(O)c5c4C2(CCN3C)C1O5. The van der Waals surface area contributed by atoms with Gasteiger partial charge >= 0.3 is 17.9 Å². The molecule has 2 unspecified atom stereocenters. The Balaban J connectivity index is 1.43. The van der Waals surface area contributed by atoms with Crippen LogP contribution in [0.3, 0.4) is 0 Å². The van der Waals surface area contributed by atoms with Crippen molar-refractivity contribution in [3.05, 3.63) is 35.1 Å². The molecule has 11 heteroatoms. The van der Waals surface area contributed by atoms with Crippen LogP contribution < -0.4 is 4.74 Å². The lowest BCUT2D eigenvalue weighted by Gasteiger charge is -2.61. The molecule has 35 heavy (non-hydrogen) atoms. The van der Waals surface area contributed by atoms with Gasteiger partial charge in [0.05, 0.1) is 17.4 Å². The molecule has 1 aromatic rings. The molecule has 1 aromatic carbocycles. The first-order chi connectivity index (χ1) is 16.5. The van der Waals surface area contributed by atoms with Gasteiger partial charge in [-0.05, 0) is 51.1 Å². The summed E-state index contributed by atoms with van der Waals surface area (Å²) in [5.41, 5.74) is -0.449. The molecule has 2 heterocycles. The third kappa shape index (κ3) is 3.25. The summed E-state index contributed by atoms with van der Waals surface area (Å²) in [5, 5.41) is 40.9. The van der Waals surface area contributed by atoms with E-state index >= 15 is 0 Å². The van der Waals surface area contributed by atoms with Gasteiger partial charge in [-0.1, -0.05) is 6.07 Å². The molecule has 1 saturated heterocycles. The summed E-state index contributed by atoms with van der Waals surface area (Å²) in [6.07, 6.45) is -2.23. The first-order valence-corrected chi connectivity index (χ1v) is 11.5. The Morgan fingerprint density at radius 2 is 2.03 bits per heavy atom. The predicted octanol–water partition coefficient (Wildman–Crippen LogP) is -0.0196. The molecule has 4 aliphatic rings. The van der Waals surface area contributed by atoms with E-state index in [-0.39, 0.29) is 29.7 Å². The molecule has 2 bridgehead atoms. The van der Waals surface area contributed by atoms with Crippen LogP contribution in [-0.2, 0) is 35.7 Å². The van der Waals surface area contributed by atoms with E-state index in [1.807, 2.05) is 13.1 Å². The molecule has 0 aromatic heterocycles. The lowest BCUT2D eigenvalue weighted by molar-refractivity contribution is -0.178. The van der Waals surface area contributed by atoms with E-state index < -0.39 is 53.7 Å². The minimum atomic E-state index is -1.92. The van der Waals surface area contributed by atoms with E-state index in [1.165, 1.54) is 6.92 Å². The molecule has 1 spiro atoms. The van der Waals surface area contributed by atoms with Crippen LogP contribution in [0.2, 0.25) is 0 Å². The fourth-order valence-corrected chi connectivity index (χ4v) is 6.19. The van der Waals surface area contributed by atoms with Crippen LogP contribution in [0.4, 0.5) is 0 Å². The first kappa shape index (κ1) is 23.6. The number of phenolic OH excluding ortho intramolecular Hbond substituents is 1. The lowest BCUT2D eigenvalue weighted by atomic mass is 9.50. The van der Waals surface area contributed by atoms with Gasteiger partial charge in [0.25, 0.3) is 0 Å². The van der Waals surface area contributed by atoms with Crippen LogP contribution in [-0.4, -0.2) is 86.8 Å². The largest absolute Gasteiger partial charge is 0.504 e. The third-order valence-electron chi connectivity index (χ3n) is 7.84. The molecular weight excluding hydrogens is 462 g/mol. The van der Waals surface area contributed by atoms with E-state index in [9.17, 15) is 29.7 Å². The Bertz CT molecular complexity index is 1150. The molecule has 0 amide bonds. The topological polar surface area (TPSA) is 163 Å². The van der Waals surface area contributed by atoms with E-state index in [1.54, 1.807) is 12.1 Å². The summed E-state index contributed by atoms with van der Waals surface area (Å²) in [7, 11) is 1.96. The quantitative estimate of drug-likeness (QED) is 0.397. The number of esters is 2. The molecule has 6 atom stereocenters. The van der Waals surface area contributed by atoms with Crippen molar-refractivity contribution in [2.45, 2.75) is 68.0 Å². The maximum Gasteiger partial charge on any atom is 0.352 e. The standard InChI is InChI=1S/C24H27NO10/c1-11(33-22(31)14(27)10-17(28)29)21(30)34-15-5-6-24(32)16-9-12-3-4-13(26)19-18(12)23(24,20(15)35-19)7-8-25(16)2/h3-5,11,14,16,20,26-27,32H,6-10H2,1-2H3,(H,28,29)/t11-,14-,16+,20?,23?,24+/m0/s1. The summed E-state index contributed by atoms with van der Waals surface area (Å²) in [4.78, 5) is 37.5. The highest BCUT2D eigenvalue weighted by atomic mass is 16.6. The molecule has 2 aliphatic carbocycles. The maximum absolute atomic E-state index is 12.8. The van der Waals surface area contributed by atoms with E-state index in [4.69, 9.17) is 19.3 Å². The van der Waals surface area contributed by atoms with Gasteiger partial charge in [0, 0.05) is 18.0 Å². The van der Waals surface area contributed by atoms with Crippen molar-refractivity contribution >= 4 is 17.9 Å². The molecule has 1 fully saturated rings. The van der Waals surface area contributed by atoms with Gasteiger partial charge in [-0.15, -0.1) is 0 Å². The summed E-state index contributed by atoms with van der Waals surface area (Å²) in [6, 6.07) is 3.19. The summed E-state index contributed by atoms with van der Waals surface area (Å²) in [5.74, 6) is -3.25. The Kier molecular flexibility index (Phi) is 5.35. The molecule has 2 aliphatic heterocycles. The number of aliphatic hydroxyl groups is 2. The molecule has 0 saturated carbocycles. The molecule has 0 radical (unpaired) electrons. The highest BCUT2D eigenvalue weighted by Gasteiger charge is 2.72. The van der Waals surface area contributed by atoms with Gasteiger partial charge in [0.1, 0.15) is 5.76 Å². The number of phenols is 1. The van der Waals surface area contributed by atoms with Crippen molar-refractivity contribution in [1.29, 1.82) is 0 Å². The van der Waals surface area contributed by atoms with Crippen molar-refractivity contribution < 1.29 is 49.0 Å². The zero-order chi connectivity index (χ0) is 25.3. The number of carboxylic acid groups (broad SMARTS) is 1. The number of aliphatic carboxylic acids is 1. The van der Waals surface area contributed by atoms with Gasteiger partial charge in [-0.2, -0.15) is 0 Å². The fraction of sp³-hybridized carbons (Fsp3) is 0.542. The minimum absolute atomic E-state index is 0.0624. The van der Waals surface area contributed by atoms with Crippen LogP contribution >= 0.6 is 0 Å². The summed E-state index contributed by atoms with van der Waals surface area (Å²) in [6.45, 7) is 1.91. The second kappa shape index (κ2) is 7.94. The van der Waals surface area contributed by atoms with E-state index in [2.05, 4.69) is 4.90 Å². The maximum atomic E-state index is 12.8. The number of hydrogen-bond donors (Lipinski definition) is 4. The van der Waals surface area contributed by atoms with Crippen molar-refractivity contribution in [3.8, 4) is 11.5 Å². The molecule has 5 rings (SSSR count). The lowest BCUT2D eigenvalue weighted by Crippen LogP contribution is -2.74. The third-order valence-corrected chi connectivity index (χ3v) is 7.84. The van der Waals surface area contributed by atoms with Crippen molar-refractivity contribution in [1.82, 2.24) is 4.90 Å². The Hall–Kier alpha value is -3.15. The number of likely N-dealkylation sites (N-methyl/N-ethyl adjacent to an activating group) is 1. The second-order valence-electron chi connectivity index (χ2n) is 9.72. The number of nitrogens with zero attached hydrogens (tertiary/aromatic N) is 1. The van der Waals surface area contributed by atoms with Gasteiger partial charge in [-0.25, -0.2) is 9.59 Å². The molecular formula is C24H27NO10. The summed E-state index contributed by atoms with van der Waals surface area (Å²) >= 11 is 0. The number of carbonyl (C=O) groups is 3. The summed E-state index contributed by atoms with van der Waals surface area (Å²) < 4.78 is 16.6. The number of aliphatic hydroxyl groups excluding tert-OH is 1. The van der Waals surface area contributed by atoms with Crippen LogP contribution in [0.15, 0.2) is 24.0 Å². The number of carboxylic acids is 1. The average Bonchev–Trinajstić information content (AvgIpc) is 3.15. The predicted molar refractivity (Wildman–Crippen MR) is 116 cm³/mol. The highest BCUT2D eigenvalue weighted by molar-refractivity contribution is 5.84. The van der Waals surface area contributed by atoms with Crippen molar-refractivity contribution in [2.75, 3.05) is 13.6 Å². The number of hydrogen-bond acceptors (Lipinski definition) is 10. The Morgan fingerprint density at radius 3 is 2.74 bits per heavy atom. The minimum Gasteiger partial charge on any atom is -0.504 e. The normalized spacial score (nSPS) is 31.9. The van der Waals surface area contributed by atoms with Gasteiger partial charge < -0.3 is 39.5 Å². The number of aromatic hydroxyl groups is 1. The van der Waals surface area contributed by atoms with Crippen LogP contribution in [0.5, 0.6) is 11.5 Å². The van der Waals surface area contributed by atoms with Gasteiger partial charge in [-0.3, -0.25) is 4.79 Å². The smallest absolute Gasteiger partial charge is 0.352 e. The second-order valence-corrected chi connectivity index (χ2v) is 9.72.